The van der Waals surface area contributed by atoms with Crippen molar-refractivity contribution in [2.45, 2.75) is 26.7 Å². The topological polar surface area (TPSA) is 26.3 Å². The van der Waals surface area contributed by atoms with E-state index in [1.165, 1.54) is 0 Å². The van der Waals surface area contributed by atoms with Crippen LogP contribution in [0.1, 0.15) is 26.7 Å². The first-order valence-corrected chi connectivity index (χ1v) is 3.96. The van der Waals surface area contributed by atoms with Gasteiger partial charge in [0.25, 0.3) is 0 Å². The molecule has 1 saturated heterocycles. The van der Waals surface area contributed by atoms with Crippen LogP contribution in [0.15, 0.2) is 12.2 Å². The number of rotatable bonds is 2. The van der Waals surface area contributed by atoms with Crippen molar-refractivity contribution < 1.29 is 9.53 Å². The molecule has 1 rings (SSSR count). The summed E-state index contributed by atoms with van der Waals surface area (Å²) in [6, 6.07) is 0. The van der Waals surface area contributed by atoms with Crippen LogP contribution in [0.5, 0.6) is 0 Å². The molecule has 11 heavy (non-hydrogen) atoms. The fourth-order valence-electron chi connectivity index (χ4n) is 1.39. The minimum atomic E-state index is -0.394. The van der Waals surface area contributed by atoms with Crippen molar-refractivity contribution in [3.8, 4) is 0 Å². The van der Waals surface area contributed by atoms with E-state index in [4.69, 9.17) is 4.74 Å². The molecule has 1 unspecified atom stereocenters. The minimum absolute atomic E-state index is 0.107. The third-order valence-corrected chi connectivity index (χ3v) is 2.36. The van der Waals surface area contributed by atoms with E-state index in [0.717, 1.165) is 18.4 Å². The van der Waals surface area contributed by atoms with Gasteiger partial charge in [-0.3, -0.25) is 4.79 Å². The predicted molar refractivity (Wildman–Crippen MR) is 43.1 cm³/mol. The van der Waals surface area contributed by atoms with Crippen molar-refractivity contribution in [1.82, 2.24) is 0 Å². The van der Waals surface area contributed by atoms with Gasteiger partial charge in [0.05, 0.1) is 5.41 Å². The summed E-state index contributed by atoms with van der Waals surface area (Å²) >= 11 is 0. The Morgan fingerprint density at radius 1 is 1.73 bits per heavy atom. The molecule has 0 aromatic rings. The maximum Gasteiger partial charge on any atom is 0.316 e. The molecule has 0 bridgehead atoms. The molecule has 62 valence electrons. The smallest absolute Gasteiger partial charge is 0.316 e. The number of esters is 1. The molecule has 1 heterocycles. The first kappa shape index (κ1) is 8.31. The number of hydrogen-bond donors (Lipinski definition) is 0. The summed E-state index contributed by atoms with van der Waals surface area (Å²) in [5, 5.41) is 0. The number of carbonyl (C=O) groups is 1. The normalized spacial score (nSPS) is 30.7. The van der Waals surface area contributed by atoms with E-state index in [1.54, 1.807) is 0 Å². The molecule has 0 saturated carbocycles. The molecule has 0 amide bonds. The maximum absolute atomic E-state index is 11.2. The number of cyclic esters (lactones) is 1. The predicted octanol–water partition coefficient (Wildman–Crippen LogP) is 1.91. The standard InChI is InChI=1S/C9H14O2/c1-4-5-9(3)7(2)6-11-8(9)10/h2,4-6H2,1,3H3. The molecule has 0 aliphatic carbocycles. The van der Waals surface area contributed by atoms with Gasteiger partial charge in [0.2, 0.25) is 0 Å². The lowest BCUT2D eigenvalue weighted by molar-refractivity contribution is -0.145. The molecule has 2 heteroatoms. The van der Waals surface area contributed by atoms with Crippen LogP contribution in [0.3, 0.4) is 0 Å². The summed E-state index contributed by atoms with van der Waals surface area (Å²) in [5.74, 6) is -0.107. The van der Waals surface area contributed by atoms with Gasteiger partial charge < -0.3 is 4.74 Å². The van der Waals surface area contributed by atoms with Gasteiger partial charge in [-0.2, -0.15) is 0 Å². The number of ether oxygens (including phenoxy) is 1. The Morgan fingerprint density at radius 2 is 2.36 bits per heavy atom. The van der Waals surface area contributed by atoms with E-state index in [2.05, 4.69) is 13.5 Å². The van der Waals surface area contributed by atoms with Crippen LogP contribution >= 0.6 is 0 Å². The lowest BCUT2D eigenvalue weighted by atomic mass is 9.81. The average Bonchev–Trinajstić information content (AvgIpc) is 2.19. The summed E-state index contributed by atoms with van der Waals surface area (Å²) in [4.78, 5) is 11.2. The van der Waals surface area contributed by atoms with Crippen molar-refractivity contribution in [2.24, 2.45) is 5.41 Å². The summed E-state index contributed by atoms with van der Waals surface area (Å²) in [7, 11) is 0. The molecule has 0 radical (unpaired) electrons. The highest BCUT2D eigenvalue weighted by Crippen LogP contribution is 2.37. The Hall–Kier alpha value is -0.790. The largest absolute Gasteiger partial charge is 0.460 e. The molecule has 1 aliphatic rings. The lowest BCUT2D eigenvalue weighted by Crippen LogP contribution is -2.23. The lowest BCUT2D eigenvalue weighted by Gasteiger charge is -2.18. The monoisotopic (exact) mass is 154 g/mol. The molecule has 0 spiro atoms. The second-order valence-electron chi connectivity index (χ2n) is 3.26. The van der Waals surface area contributed by atoms with Gasteiger partial charge in [-0.05, 0) is 18.9 Å². The minimum Gasteiger partial charge on any atom is -0.460 e. The second kappa shape index (κ2) is 2.68. The van der Waals surface area contributed by atoms with Gasteiger partial charge in [0, 0.05) is 0 Å². The zero-order chi connectivity index (χ0) is 8.48. The van der Waals surface area contributed by atoms with E-state index in [-0.39, 0.29) is 5.97 Å². The van der Waals surface area contributed by atoms with Gasteiger partial charge in [-0.25, -0.2) is 0 Å². The van der Waals surface area contributed by atoms with Gasteiger partial charge in [-0.15, -0.1) is 0 Å². The first-order valence-electron chi connectivity index (χ1n) is 3.96. The zero-order valence-electron chi connectivity index (χ0n) is 7.14. The molecule has 1 aliphatic heterocycles. The number of carbonyl (C=O) groups excluding carboxylic acids is 1. The van der Waals surface area contributed by atoms with E-state index in [0.29, 0.717) is 6.61 Å². The van der Waals surface area contributed by atoms with Crippen LogP contribution in [0.4, 0.5) is 0 Å². The Morgan fingerprint density at radius 3 is 2.73 bits per heavy atom. The third-order valence-electron chi connectivity index (χ3n) is 2.36. The van der Waals surface area contributed by atoms with E-state index in [1.807, 2.05) is 6.92 Å². The van der Waals surface area contributed by atoms with Gasteiger partial charge in [0.1, 0.15) is 6.61 Å². The summed E-state index contributed by atoms with van der Waals surface area (Å²) < 4.78 is 4.89. The van der Waals surface area contributed by atoms with Crippen molar-refractivity contribution in [3.05, 3.63) is 12.2 Å². The third kappa shape index (κ3) is 1.17. The van der Waals surface area contributed by atoms with Gasteiger partial charge >= 0.3 is 5.97 Å². The molecule has 2 nitrogen and oxygen atoms in total. The van der Waals surface area contributed by atoms with Crippen LogP contribution in [-0.2, 0) is 9.53 Å². The Labute approximate surface area is 67.2 Å². The highest BCUT2D eigenvalue weighted by atomic mass is 16.5. The summed E-state index contributed by atoms with van der Waals surface area (Å²) in [6.07, 6.45) is 1.84. The average molecular weight is 154 g/mol. The highest BCUT2D eigenvalue weighted by Gasteiger charge is 2.42. The highest BCUT2D eigenvalue weighted by molar-refractivity contribution is 5.82. The quantitative estimate of drug-likeness (QED) is 0.448. The van der Waals surface area contributed by atoms with Crippen LogP contribution in [-0.4, -0.2) is 12.6 Å². The van der Waals surface area contributed by atoms with Crippen LogP contribution < -0.4 is 0 Å². The van der Waals surface area contributed by atoms with Crippen LogP contribution in [0.2, 0.25) is 0 Å². The van der Waals surface area contributed by atoms with E-state index in [9.17, 15) is 4.79 Å². The van der Waals surface area contributed by atoms with E-state index >= 15 is 0 Å². The Bertz CT molecular complexity index is 178. The molecule has 1 atom stereocenters. The molecule has 0 N–H and O–H groups in total. The van der Waals surface area contributed by atoms with Crippen molar-refractivity contribution >= 4 is 5.97 Å². The van der Waals surface area contributed by atoms with Gasteiger partial charge in [0.15, 0.2) is 0 Å². The Kier molecular flexibility index (Phi) is 2.03. The summed E-state index contributed by atoms with van der Waals surface area (Å²) in [6.45, 7) is 8.21. The Balaban J connectivity index is 2.80. The molecule has 0 aromatic carbocycles. The molecule has 1 fully saturated rings. The van der Waals surface area contributed by atoms with Crippen molar-refractivity contribution in [2.75, 3.05) is 6.61 Å². The van der Waals surface area contributed by atoms with Crippen molar-refractivity contribution in [1.29, 1.82) is 0 Å². The van der Waals surface area contributed by atoms with Gasteiger partial charge in [-0.1, -0.05) is 19.9 Å². The molecular formula is C9H14O2. The number of hydrogen-bond acceptors (Lipinski definition) is 2. The zero-order valence-corrected chi connectivity index (χ0v) is 7.14. The SMILES string of the molecule is C=C1COC(=O)C1(C)CCC. The van der Waals surface area contributed by atoms with E-state index < -0.39 is 5.41 Å². The van der Waals surface area contributed by atoms with Crippen LogP contribution in [0, 0.1) is 5.41 Å². The molecular weight excluding hydrogens is 140 g/mol. The fourth-order valence-corrected chi connectivity index (χ4v) is 1.39. The second-order valence-corrected chi connectivity index (χ2v) is 3.26. The first-order chi connectivity index (χ1) is 5.11. The maximum atomic E-state index is 11.2. The van der Waals surface area contributed by atoms with Crippen molar-refractivity contribution in [3.63, 3.8) is 0 Å². The fraction of sp³-hybridized carbons (Fsp3) is 0.667. The van der Waals surface area contributed by atoms with Crippen LogP contribution in [0.25, 0.3) is 0 Å². The summed E-state index contributed by atoms with van der Waals surface area (Å²) in [5.41, 5.74) is 0.527. The molecule has 0 aromatic heterocycles.